The van der Waals surface area contributed by atoms with Crippen LogP contribution in [0.3, 0.4) is 0 Å². The summed E-state index contributed by atoms with van der Waals surface area (Å²) >= 11 is 0. The Bertz CT molecular complexity index is 13.5. The van der Waals surface area contributed by atoms with Gasteiger partial charge in [-0.15, -0.1) is 0 Å². The van der Waals surface area contributed by atoms with Gasteiger partial charge in [-0.25, -0.2) is 0 Å². The van der Waals surface area contributed by atoms with Gasteiger partial charge >= 0.3 is 5.34 Å². The molecule has 1 radical (unpaired) electrons. The third-order valence-electron chi connectivity index (χ3n) is 0. The molecule has 4 heteroatoms. The van der Waals surface area contributed by atoms with Crippen LogP contribution in [0.15, 0.2) is 0 Å². The van der Waals surface area contributed by atoms with Gasteiger partial charge in [-0.05, 0) is 0 Å². The molecule has 0 saturated carbocycles. The SMILES string of the molecule is O=[N+][O-].[Mo]. The largest absolute Gasteiger partial charge is 0.387 e. The van der Waals surface area contributed by atoms with Crippen molar-refractivity contribution in [3.8, 4) is 0 Å². The van der Waals surface area contributed by atoms with Crippen LogP contribution in [0, 0.1) is 10.1 Å². The Morgan fingerprint density at radius 2 is 1.75 bits per heavy atom. The summed E-state index contributed by atoms with van der Waals surface area (Å²) < 4.78 is 0. The molecule has 4 heavy (non-hydrogen) atoms. The summed E-state index contributed by atoms with van der Waals surface area (Å²) in [5, 5.41) is 9.00. The molecule has 0 heterocycles. The van der Waals surface area contributed by atoms with Gasteiger partial charge in [0.2, 0.25) is 0 Å². The zero-order chi connectivity index (χ0) is 2.71. The Hall–Kier alpha value is 0.0883. The maximum absolute atomic E-state index is 8.00. The summed E-state index contributed by atoms with van der Waals surface area (Å²) in [6, 6.07) is 0. The average molecular weight is 142 g/mol. The number of nitrogens with zero attached hydrogens (tertiary/aromatic N) is 1. The van der Waals surface area contributed by atoms with E-state index >= 15 is 0 Å². The first kappa shape index (κ1) is 8.94. The van der Waals surface area contributed by atoms with Crippen molar-refractivity contribution < 1.29 is 21.1 Å². The molecule has 0 aliphatic heterocycles. The molecular formula is MoNO2. The Morgan fingerprint density at radius 3 is 1.75 bits per heavy atom. The van der Waals surface area contributed by atoms with Crippen LogP contribution in [0.2, 0.25) is 0 Å². The average Bonchev–Trinajstić information content (AvgIpc) is 0.918. The molecular weight excluding hydrogens is 142 g/mol. The van der Waals surface area contributed by atoms with E-state index < -0.39 is 0 Å². The van der Waals surface area contributed by atoms with Gasteiger partial charge in [-0.2, -0.15) is 10.1 Å². The molecule has 0 spiro atoms. The predicted molar refractivity (Wildman–Crippen MR) is 8.87 cm³/mol. The standard InChI is InChI=1S/Mo.NO2/c;2-1-3. The van der Waals surface area contributed by atoms with E-state index in [9.17, 15) is 0 Å². The number of rotatable bonds is 0. The van der Waals surface area contributed by atoms with Gasteiger partial charge in [-0.3, -0.25) is 0 Å². The smallest absolute Gasteiger partial charge is 0.194 e. The summed E-state index contributed by atoms with van der Waals surface area (Å²) in [6.45, 7) is 0. The third-order valence-corrected chi connectivity index (χ3v) is 0. The van der Waals surface area contributed by atoms with Crippen LogP contribution in [0.25, 0.3) is 0 Å². The normalized spacial score (nSPS) is 3.00. The molecule has 0 aromatic rings. The fourth-order valence-corrected chi connectivity index (χ4v) is 0. The number of hydrogen-bond donors (Lipinski definition) is 0. The van der Waals surface area contributed by atoms with Crippen LogP contribution in [-0.4, -0.2) is 0 Å². The van der Waals surface area contributed by atoms with Crippen molar-refractivity contribution in [3.05, 3.63) is 10.1 Å². The predicted octanol–water partition coefficient (Wildman–Crippen LogP) is -0.416. The molecule has 0 bridgehead atoms. The molecule has 0 aliphatic rings. The molecule has 0 amide bonds. The molecule has 0 fully saturated rings. The van der Waals surface area contributed by atoms with Crippen molar-refractivity contribution in [1.29, 1.82) is 0 Å². The molecule has 0 aromatic carbocycles. The first-order valence-electron chi connectivity index (χ1n) is 0.365. The quantitative estimate of drug-likeness (QED) is 0.262. The maximum Gasteiger partial charge on any atom is 0.387 e. The van der Waals surface area contributed by atoms with Crippen LogP contribution in [0.4, 0.5) is 0 Å². The van der Waals surface area contributed by atoms with Gasteiger partial charge in [0, 0.05) is 21.1 Å². The minimum absolute atomic E-state index is 0. The Balaban J connectivity index is 0. The second-order valence-electron chi connectivity index (χ2n) is 0.0745. The second-order valence-corrected chi connectivity index (χ2v) is 0.0745. The topological polar surface area (TPSA) is 54.2 Å². The van der Waals surface area contributed by atoms with Crippen LogP contribution in [-0.2, 0) is 21.1 Å². The van der Waals surface area contributed by atoms with E-state index in [1.807, 2.05) is 0 Å². The van der Waals surface area contributed by atoms with Crippen LogP contribution >= 0.6 is 0 Å². The zero-order valence-electron chi connectivity index (χ0n) is 1.67. The van der Waals surface area contributed by atoms with Crippen molar-refractivity contribution in [2.24, 2.45) is 0 Å². The Kier molecular flexibility index (Phi) is 25.4. The summed E-state index contributed by atoms with van der Waals surface area (Å²) in [5.74, 6) is 0. The van der Waals surface area contributed by atoms with Crippen LogP contribution < -0.4 is 5.34 Å². The van der Waals surface area contributed by atoms with Crippen molar-refractivity contribution in [2.45, 2.75) is 0 Å². The number of hydrogen-bond acceptors (Lipinski definition) is 3. The molecule has 0 saturated heterocycles. The Morgan fingerprint density at radius 1 is 1.75 bits per heavy atom. The van der Waals surface area contributed by atoms with Crippen molar-refractivity contribution in [2.75, 3.05) is 0 Å². The van der Waals surface area contributed by atoms with E-state index in [4.69, 9.17) is 10.1 Å². The summed E-state index contributed by atoms with van der Waals surface area (Å²) in [4.78, 5) is 8.00. The van der Waals surface area contributed by atoms with Crippen molar-refractivity contribution >= 4 is 0 Å². The molecule has 0 unspecified atom stereocenters. The van der Waals surface area contributed by atoms with Gasteiger partial charge < -0.3 is 0 Å². The molecule has 0 N–H and O–H groups in total. The second kappa shape index (κ2) is 11.4. The van der Waals surface area contributed by atoms with Gasteiger partial charge in [0.15, 0.2) is 0 Å². The summed E-state index contributed by atoms with van der Waals surface area (Å²) in [6.07, 6.45) is 0. The van der Waals surface area contributed by atoms with E-state index in [2.05, 4.69) is 0 Å². The van der Waals surface area contributed by atoms with E-state index in [1.165, 1.54) is 0 Å². The fourth-order valence-electron chi connectivity index (χ4n) is 0. The zero-order valence-corrected chi connectivity index (χ0v) is 3.68. The van der Waals surface area contributed by atoms with Crippen molar-refractivity contribution in [3.63, 3.8) is 0 Å². The minimum Gasteiger partial charge on any atom is -0.194 e. The first-order valence-corrected chi connectivity index (χ1v) is 0.365. The van der Waals surface area contributed by atoms with E-state index in [0.29, 0.717) is 0 Å². The third kappa shape index (κ3) is 317. The van der Waals surface area contributed by atoms with E-state index in [0.717, 1.165) is 5.34 Å². The van der Waals surface area contributed by atoms with E-state index in [1.54, 1.807) is 0 Å². The maximum atomic E-state index is 8.00. The van der Waals surface area contributed by atoms with Gasteiger partial charge in [0.25, 0.3) is 0 Å². The monoisotopic (exact) mass is 144 g/mol. The van der Waals surface area contributed by atoms with Crippen LogP contribution in [0.5, 0.6) is 0 Å². The van der Waals surface area contributed by atoms with Crippen LogP contribution in [0.1, 0.15) is 0 Å². The summed E-state index contributed by atoms with van der Waals surface area (Å²) in [7, 11) is 0. The molecule has 0 rings (SSSR count). The first-order chi connectivity index (χ1) is 1.41. The van der Waals surface area contributed by atoms with Crippen molar-refractivity contribution in [1.82, 2.24) is 5.34 Å². The molecule has 0 aromatic heterocycles. The van der Waals surface area contributed by atoms with Gasteiger partial charge in [0.05, 0.1) is 0 Å². The fraction of sp³-hybridized carbons (Fsp3) is 0. The minimum atomic E-state index is 0. The Labute approximate surface area is 37.2 Å². The van der Waals surface area contributed by atoms with Gasteiger partial charge in [0.1, 0.15) is 0 Å². The summed E-state index contributed by atoms with van der Waals surface area (Å²) in [5.41, 5.74) is 0. The molecule has 0 aliphatic carbocycles. The molecule has 3 nitrogen and oxygen atoms in total. The van der Waals surface area contributed by atoms with Gasteiger partial charge in [-0.1, -0.05) is 0 Å². The molecule has 23 valence electrons. The van der Waals surface area contributed by atoms with E-state index in [-0.39, 0.29) is 21.1 Å². The molecule has 0 atom stereocenters.